The normalized spacial score (nSPS) is 14.9. The molecule has 0 aliphatic heterocycles. The number of nitrogens with one attached hydrogen (secondary N) is 1. The second kappa shape index (κ2) is 5.96. The predicted octanol–water partition coefficient (Wildman–Crippen LogP) is 2.46. The molecule has 0 amide bonds. The Kier molecular flexibility index (Phi) is 4.84. The number of ether oxygens (including phenoxy) is 1. The smallest absolute Gasteiger partial charge is 0.323 e. The molecule has 1 N–H and O–H groups in total. The van der Waals surface area contributed by atoms with Crippen LogP contribution in [0.25, 0.3) is 0 Å². The highest BCUT2D eigenvalue weighted by Crippen LogP contribution is 2.13. The lowest BCUT2D eigenvalue weighted by atomic mass is 10.1. The Morgan fingerprint density at radius 2 is 1.83 bits per heavy atom. The molecule has 0 fully saturated rings. The molecule has 0 aromatic carbocycles. The summed E-state index contributed by atoms with van der Waals surface area (Å²) < 4.78 is 5.32. The molecule has 2 unspecified atom stereocenters. The van der Waals surface area contributed by atoms with Gasteiger partial charge in [0.1, 0.15) is 11.6 Å². The van der Waals surface area contributed by atoms with Crippen molar-refractivity contribution in [3.8, 4) is 0 Å². The van der Waals surface area contributed by atoms with Gasteiger partial charge in [-0.05, 0) is 52.3 Å². The van der Waals surface area contributed by atoms with Crippen molar-refractivity contribution in [2.45, 2.75) is 52.3 Å². The first-order valence-corrected chi connectivity index (χ1v) is 6.18. The fourth-order valence-corrected chi connectivity index (χ4v) is 1.58. The minimum atomic E-state index is -0.451. The van der Waals surface area contributed by atoms with E-state index in [0.29, 0.717) is 0 Å². The third kappa shape index (κ3) is 4.84. The van der Waals surface area contributed by atoms with Crippen LogP contribution in [0.4, 0.5) is 0 Å². The van der Waals surface area contributed by atoms with E-state index in [4.69, 9.17) is 4.74 Å². The first kappa shape index (κ1) is 14.6. The quantitative estimate of drug-likeness (QED) is 0.834. The first-order chi connectivity index (χ1) is 8.29. The summed E-state index contributed by atoms with van der Waals surface area (Å²) in [6.07, 6.45) is 3.48. The Bertz CT molecular complexity index is 385. The minimum absolute atomic E-state index is 0.0792. The number of hydrogen-bond acceptors (Lipinski definition) is 4. The van der Waals surface area contributed by atoms with Crippen molar-refractivity contribution in [3.63, 3.8) is 0 Å². The van der Waals surface area contributed by atoms with E-state index < -0.39 is 5.60 Å². The van der Waals surface area contributed by atoms with Crippen LogP contribution >= 0.6 is 0 Å². The largest absolute Gasteiger partial charge is 0.459 e. The lowest BCUT2D eigenvalue weighted by molar-refractivity contribution is -0.157. The van der Waals surface area contributed by atoms with Crippen molar-refractivity contribution in [2.75, 3.05) is 0 Å². The zero-order valence-electron chi connectivity index (χ0n) is 11.7. The highest BCUT2D eigenvalue weighted by atomic mass is 16.6. The molecular formula is C14H22N2O2. The molecule has 2 atom stereocenters. The first-order valence-electron chi connectivity index (χ1n) is 6.18. The summed E-state index contributed by atoms with van der Waals surface area (Å²) in [4.78, 5) is 15.8. The summed E-state index contributed by atoms with van der Waals surface area (Å²) >= 11 is 0. The molecule has 4 nitrogen and oxygen atoms in total. The molecule has 0 aliphatic rings. The van der Waals surface area contributed by atoms with E-state index in [-0.39, 0.29) is 18.1 Å². The molecule has 4 heteroatoms. The van der Waals surface area contributed by atoms with Gasteiger partial charge in [0.25, 0.3) is 0 Å². The molecule has 0 saturated carbocycles. The maximum Gasteiger partial charge on any atom is 0.323 e. The summed E-state index contributed by atoms with van der Waals surface area (Å²) in [5.41, 5.74) is 0.646. The molecule has 1 heterocycles. The van der Waals surface area contributed by atoms with E-state index in [1.165, 1.54) is 0 Å². The van der Waals surface area contributed by atoms with Crippen molar-refractivity contribution in [3.05, 3.63) is 30.1 Å². The van der Waals surface area contributed by atoms with Crippen LogP contribution in [0.1, 0.15) is 46.2 Å². The lowest BCUT2D eigenvalue weighted by Crippen LogP contribution is -2.40. The Morgan fingerprint density at radius 3 is 2.33 bits per heavy atom. The van der Waals surface area contributed by atoms with Crippen LogP contribution in [-0.2, 0) is 9.53 Å². The number of nitrogens with zero attached hydrogens (tertiary/aromatic N) is 1. The number of esters is 1. The van der Waals surface area contributed by atoms with Gasteiger partial charge in [-0.15, -0.1) is 0 Å². The fourth-order valence-electron chi connectivity index (χ4n) is 1.58. The van der Waals surface area contributed by atoms with Gasteiger partial charge in [0.2, 0.25) is 0 Å². The van der Waals surface area contributed by atoms with E-state index in [9.17, 15) is 4.79 Å². The number of aromatic nitrogens is 1. The van der Waals surface area contributed by atoms with Gasteiger partial charge in [-0.3, -0.25) is 15.1 Å². The summed E-state index contributed by atoms with van der Waals surface area (Å²) in [6, 6.07) is 3.60. The maximum absolute atomic E-state index is 11.8. The summed E-state index contributed by atoms with van der Waals surface area (Å²) in [5, 5.41) is 3.22. The zero-order valence-corrected chi connectivity index (χ0v) is 11.7. The number of hydrogen-bond donors (Lipinski definition) is 1. The lowest BCUT2D eigenvalue weighted by Gasteiger charge is -2.24. The summed E-state index contributed by atoms with van der Waals surface area (Å²) in [7, 11) is 0. The van der Waals surface area contributed by atoms with Crippen LogP contribution in [0, 0.1) is 0 Å². The Labute approximate surface area is 109 Å². The monoisotopic (exact) mass is 250 g/mol. The van der Waals surface area contributed by atoms with E-state index in [0.717, 1.165) is 5.56 Å². The third-order valence-electron chi connectivity index (χ3n) is 2.47. The molecule has 0 radical (unpaired) electrons. The van der Waals surface area contributed by atoms with Gasteiger partial charge >= 0.3 is 5.97 Å². The van der Waals surface area contributed by atoms with E-state index in [1.807, 2.05) is 46.8 Å². The third-order valence-corrected chi connectivity index (χ3v) is 2.47. The van der Waals surface area contributed by atoms with Crippen LogP contribution in [0.2, 0.25) is 0 Å². The van der Waals surface area contributed by atoms with Crippen LogP contribution in [0.15, 0.2) is 24.5 Å². The molecule has 1 aromatic heterocycles. The second-order valence-corrected chi connectivity index (χ2v) is 5.42. The molecule has 0 saturated heterocycles. The number of carbonyl (C=O) groups excluding carboxylic acids is 1. The zero-order chi connectivity index (χ0) is 13.8. The Balaban J connectivity index is 2.55. The van der Waals surface area contributed by atoms with Crippen LogP contribution in [0.5, 0.6) is 0 Å². The van der Waals surface area contributed by atoms with Gasteiger partial charge in [0.05, 0.1) is 0 Å². The van der Waals surface area contributed by atoms with Crippen molar-refractivity contribution < 1.29 is 9.53 Å². The second-order valence-electron chi connectivity index (χ2n) is 5.42. The van der Waals surface area contributed by atoms with Gasteiger partial charge in [-0.2, -0.15) is 0 Å². The fraction of sp³-hybridized carbons (Fsp3) is 0.571. The SMILES string of the molecule is CC(NC(C)c1ccncc1)C(=O)OC(C)(C)C. The van der Waals surface area contributed by atoms with Crippen molar-refractivity contribution in [1.82, 2.24) is 10.3 Å². The number of carbonyl (C=O) groups is 1. The van der Waals surface area contributed by atoms with Gasteiger partial charge in [-0.25, -0.2) is 0 Å². The van der Waals surface area contributed by atoms with E-state index >= 15 is 0 Å². The van der Waals surface area contributed by atoms with Gasteiger partial charge in [0, 0.05) is 18.4 Å². The van der Waals surface area contributed by atoms with Crippen LogP contribution < -0.4 is 5.32 Å². The Hall–Kier alpha value is -1.42. The topological polar surface area (TPSA) is 51.2 Å². The molecule has 100 valence electrons. The predicted molar refractivity (Wildman–Crippen MR) is 71.1 cm³/mol. The van der Waals surface area contributed by atoms with Gasteiger partial charge < -0.3 is 4.74 Å². The van der Waals surface area contributed by atoms with Crippen molar-refractivity contribution >= 4 is 5.97 Å². The molecule has 0 spiro atoms. The average Bonchev–Trinajstić information content (AvgIpc) is 2.27. The molecule has 0 aliphatic carbocycles. The minimum Gasteiger partial charge on any atom is -0.459 e. The summed E-state index contributed by atoms with van der Waals surface area (Å²) in [6.45, 7) is 9.42. The maximum atomic E-state index is 11.8. The highest BCUT2D eigenvalue weighted by Gasteiger charge is 2.22. The molecule has 1 rings (SSSR count). The van der Waals surface area contributed by atoms with Gasteiger partial charge in [0.15, 0.2) is 0 Å². The van der Waals surface area contributed by atoms with Crippen LogP contribution in [-0.4, -0.2) is 22.6 Å². The average molecular weight is 250 g/mol. The standard InChI is InChI=1S/C14H22N2O2/c1-10(12-6-8-15-9-7-12)16-11(2)13(17)18-14(3,4)5/h6-11,16H,1-5H3. The molecular weight excluding hydrogens is 228 g/mol. The van der Waals surface area contributed by atoms with E-state index in [1.54, 1.807) is 12.4 Å². The molecule has 18 heavy (non-hydrogen) atoms. The Morgan fingerprint density at radius 1 is 1.28 bits per heavy atom. The van der Waals surface area contributed by atoms with Crippen molar-refractivity contribution in [2.24, 2.45) is 0 Å². The van der Waals surface area contributed by atoms with Crippen LogP contribution in [0.3, 0.4) is 0 Å². The number of rotatable bonds is 4. The molecule has 1 aromatic rings. The highest BCUT2D eigenvalue weighted by molar-refractivity contribution is 5.75. The van der Waals surface area contributed by atoms with Gasteiger partial charge in [-0.1, -0.05) is 0 Å². The summed E-state index contributed by atoms with van der Waals surface area (Å²) in [5.74, 6) is -0.233. The van der Waals surface area contributed by atoms with E-state index in [2.05, 4.69) is 10.3 Å². The number of pyridine rings is 1. The molecule has 0 bridgehead atoms. The van der Waals surface area contributed by atoms with Crippen molar-refractivity contribution in [1.29, 1.82) is 0 Å².